The van der Waals surface area contributed by atoms with E-state index >= 15 is 0 Å². The van der Waals surface area contributed by atoms with Gasteiger partial charge >= 0.3 is 0 Å². The van der Waals surface area contributed by atoms with Crippen LogP contribution in [0.4, 0.5) is 0 Å². The number of carbonyl (C=O) groups is 2. The summed E-state index contributed by atoms with van der Waals surface area (Å²) in [6.07, 6.45) is 4.73. The molecular weight excluding hydrogens is 336 g/mol. The normalized spacial score (nSPS) is 15.4. The fourth-order valence-corrected chi connectivity index (χ4v) is 3.08. The number of hydrogen-bond donors (Lipinski definition) is 1. The van der Waals surface area contributed by atoms with Gasteiger partial charge < -0.3 is 10.2 Å². The van der Waals surface area contributed by atoms with Gasteiger partial charge in [0.2, 0.25) is 11.8 Å². The second kappa shape index (κ2) is 11.8. The average molecular weight is 375 g/mol. The number of nitrogens with zero attached hydrogens (tertiary/aromatic N) is 1. The highest BCUT2D eigenvalue weighted by Crippen LogP contribution is 2.20. The minimum absolute atomic E-state index is 0.0231. The van der Waals surface area contributed by atoms with Crippen LogP contribution in [0.15, 0.2) is 30.3 Å². The molecule has 1 heterocycles. The first kappa shape index (κ1) is 23.2. The van der Waals surface area contributed by atoms with Gasteiger partial charge in [-0.2, -0.15) is 0 Å². The predicted octanol–water partition coefficient (Wildman–Crippen LogP) is 4.54. The number of piperidine rings is 1. The Balaban J connectivity index is 0.000000309. The van der Waals surface area contributed by atoms with Gasteiger partial charge in [0.25, 0.3) is 0 Å². The Labute approximate surface area is 165 Å². The molecule has 1 atom stereocenters. The second-order valence-corrected chi connectivity index (χ2v) is 8.26. The van der Waals surface area contributed by atoms with Crippen LogP contribution in [0.3, 0.4) is 0 Å². The molecule has 2 rings (SSSR count). The monoisotopic (exact) mass is 374 g/mol. The zero-order valence-electron chi connectivity index (χ0n) is 17.9. The number of amides is 2. The zero-order valence-corrected chi connectivity index (χ0v) is 17.9. The third-order valence-corrected chi connectivity index (χ3v) is 5.02. The summed E-state index contributed by atoms with van der Waals surface area (Å²) in [5.41, 5.74) is 1.69. The zero-order chi connectivity index (χ0) is 20.3. The fourth-order valence-electron chi connectivity index (χ4n) is 3.08. The van der Waals surface area contributed by atoms with Crippen molar-refractivity contribution in [3.05, 3.63) is 35.9 Å². The summed E-state index contributed by atoms with van der Waals surface area (Å²) in [5, 5.41) is 2.82. The van der Waals surface area contributed by atoms with E-state index in [0.717, 1.165) is 32.4 Å². The van der Waals surface area contributed by atoms with Gasteiger partial charge in [-0.1, -0.05) is 65.0 Å². The van der Waals surface area contributed by atoms with Crippen molar-refractivity contribution in [1.29, 1.82) is 0 Å². The molecule has 4 nitrogen and oxygen atoms in total. The lowest BCUT2D eigenvalue weighted by Crippen LogP contribution is -2.43. The van der Waals surface area contributed by atoms with Crippen molar-refractivity contribution in [3.63, 3.8) is 0 Å². The number of hydrogen-bond acceptors (Lipinski definition) is 2. The van der Waals surface area contributed by atoms with E-state index < -0.39 is 0 Å². The van der Waals surface area contributed by atoms with Crippen LogP contribution in [0.25, 0.3) is 0 Å². The maximum Gasteiger partial charge on any atom is 0.227 e. The largest absolute Gasteiger partial charge is 0.355 e. The van der Waals surface area contributed by atoms with Crippen LogP contribution in [0, 0.1) is 5.92 Å². The van der Waals surface area contributed by atoms with Gasteiger partial charge in [-0.15, -0.1) is 0 Å². The summed E-state index contributed by atoms with van der Waals surface area (Å²) in [5.74, 6) is 0.182. The Kier molecular flexibility index (Phi) is 10.1. The Morgan fingerprint density at radius 3 is 2.07 bits per heavy atom. The molecule has 152 valence electrons. The third-order valence-electron chi connectivity index (χ3n) is 5.02. The Bertz CT molecular complexity index is 557. The molecule has 1 aromatic rings. The van der Waals surface area contributed by atoms with Gasteiger partial charge in [0.1, 0.15) is 0 Å². The van der Waals surface area contributed by atoms with Crippen LogP contribution < -0.4 is 5.32 Å². The maximum atomic E-state index is 12.2. The Morgan fingerprint density at radius 2 is 1.63 bits per heavy atom. The van der Waals surface area contributed by atoms with Gasteiger partial charge in [-0.25, -0.2) is 0 Å². The molecule has 1 unspecified atom stereocenters. The van der Waals surface area contributed by atoms with Crippen molar-refractivity contribution in [2.45, 2.75) is 72.1 Å². The predicted molar refractivity (Wildman–Crippen MR) is 113 cm³/mol. The van der Waals surface area contributed by atoms with Crippen LogP contribution in [-0.4, -0.2) is 36.3 Å². The molecule has 0 aromatic heterocycles. The van der Waals surface area contributed by atoms with E-state index in [-0.39, 0.29) is 17.7 Å². The summed E-state index contributed by atoms with van der Waals surface area (Å²) >= 11 is 0. The van der Waals surface area contributed by atoms with Crippen LogP contribution in [0.2, 0.25) is 0 Å². The molecule has 1 saturated heterocycles. The van der Waals surface area contributed by atoms with Gasteiger partial charge in [0.15, 0.2) is 0 Å². The molecular formula is C23H38N2O2. The first-order chi connectivity index (χ1) is 12.8. The second-order valence-electron chi connectivity index (χ2n) is 8.26. The van der Waals surface area contributed by atoms with Crippen molar-refractivity contribution in [2.75, 3.05) is 19.6 Å². The lowest BCUT2D eigenvalue weighted by atomic mass is 9.87. The van der Waals surface area contributed by atoms with E-state index in [1.165, 1.54) is 12.0 Å². The highest BCUT2D eigenvalue weighted by Gasteiger charge is 2.24. The summed E-state index contributed by atoms with van der Waals surface area (Å²) in [6.45, 7) is 12.8. The van der Waals surface area contributed by atoms with Crippen molar-refractivity contribution in [2.24, 2.45) is 5.92 Å². The molecule has 27 heavy (non-hydrogen) atoms. The molecule has 1 aromatic carbocycles. The molecule has 1 aliphatic heterocycles. The molecule has 0 bridgehead atoms. The number of carbonyl (C=O) groups excluding carboxylic acids is 2. The molecule has 1 aliphatic rings. The van der Waals surface area contributed by atoms with Crippen LogP contribution >= 0.6 is 0 Å². The number of benzene rings is 1. The van der Waals surface area contributed by atoms with E-state index in [9.17, 15) is 9.59 Å². The Morgan fingerprint density at radius 1 is 1.04 bits per heavy atom. The van der Waals surface area contributed by atoms with Crippen LogP contribution in [0.5, 0.6) is 0 Å². The Hall–Kier alpha value is -1.84. The van der Waals surface area contributed by atoms with Crippen molar-refractivity contribution >= 4 is 11.8 Å². The number of nitrogens with one attached hydrogen (secondary N) is 1. The van der Waals surface area contributed by atoms with Gasteiger partial charge in [0.05, 0.1) is 5.92 Å². The molecule has 1 fully saturated rings. The van der Waals surface area contributed by atoms with E-state index in [0.29, 0.717) is 18.4 Å². The smallest absolute Gasteiger partial charge is 0.227 e. The molecule has 0 radical (unpaired) electrons. The summed E-state index contributed by atoms with van der Waals surface area (Å²) in [4.78, 5) is 25.4. The maximum absolute atomic E-state index is 12.2. The van der Waals surface area contributed by atoms with Gasteiger partial charge in [0, 0.05) is 26.1 Å². The molecule has 1 N–H and O–H groups in total. The first-order valence-electron chi connectivity index (χ1n) is 10.4. The lowest BCUT2D eigenvalue weighted by Gasteiger charge is -2.30. The molecule has 0 spiro atoms. The highest BCUT2D eigenvalue weighted by atomic mass is 16.2. The highest BCUT2D eigenvalue weighted by molar-refractivity contribution is 5.80. The van der Waals surface area contributed by atoms with Crippen molar-refractivity contribution < 1.29 is 9.59 Å². The van der Waals surface area contributed by atoms with E-state index in [2.05, 4.69) is 56.4 Å². The van der Waals surface area contributed by atoms with Crippen LogP contribution in [-0.2, 0) is 15.0 Å². The van der Waals surface area contributed by atoms with Gasteiger partial charge in [-0.05, 0) is 36.7 Å². The molecule has 0 aliphatic carbocycles. The van der Waals surface area contributed by atoms with E-state index in [1.807, 2.05) is 18.7 Å². The van der Waals surface area contributed by atoms with Crippen molar-refractivity contribution in [1.82, 2.24) is 10.2 Å². The van der Waals surface area contributed by atoms with Crippen molar-refractivity contribution in [3.8, 4) is 0 Å². The summed E-state index contributed by atoms with van der Waals surface area (Å²) in [7, 11) is 0. The molecule has 0 saturated carbocycles. The topological polar surface area (TPSA) is 49.4 Å². The van der Waals surface area contributed by atoms with Gasteiger partial charge in [-0.3, -0.25) is 9.59 Å². The molecule has 2 amide bonds. The summed E-state index contributed by atoms with van der Waals surface area (Å²) < 4.78 is 0. The first-order valence-corrected chi connectivity index (χ1v) is 10.4. The van der Waals surface area contributed by atoms with E-state index in [4.69, 9.17) is 0 Å². The van der Waals surface area contributed by atoms with Crippen LogP contribution in [0.1, 0.15) is 72.3 Å². The third kappa shape index (κ3) is 8.59. The SMILES string of the molecule is CC(C)(C)c1ccccc1.CCC(=O)NCC(CC)C(=O)N1CCCCC1. The lowest BCUT2D eigenvalue weighted by molar-refractivity contribution is -0.136. The minimum Gasteiger partial charge on any atom is -0.355 e. The standard InChI is InChI=1S/C13H24N2O2.C10H14/c1-3-11(10-14-12(16)4-2)13(17)15-8-6-5-7-9-15;1-10(2,3)9-7-5-4-6-8-9/h11H,3-10H2,1-2H3,(H,14,16);4-8H,1-3H3. The number of likely N-dealkylation sites (tertiary alicyclic amines) is 1. The fraction of sp³-hybridized carbons (Fsp3) is 0.652. The quantitative estimate of drug-likeness (QED) is 0.823. The average Bonchev–Trinajstić information content (AvgIpc) is 2.69. The molecule has 4 heteroatoms. The summed E-state index contributed by atoms with van der Waals surface area (Å²) in [6, 6.07) is 10.6. The van der Waals surface area contributed by atoms with E-state index in [1.54, 1.807) is 0 Å². The number of rotatable bonds is 5. The minimum atomic E-state index is -0.0522.